The topological polar surface area (TPSA) is 55.1 Å². The fourth-order valence-corrected chi connectivity index (χ4v) is 1.54. The van der Waals surface area contributed by atoms with E-state index in [4.69, 9.17) is 5.73 Å². The predicted octanol–water partition coefficient (Wildman–Crippen LogP) is 1.09. The Kier molecular flexibility index (Phi) is 1.63. The SMILES string of the molecule is C[C@@]1(N)C(=O)Nc2c(F)ccc(F)c21. The zero-order valence-corrected chi connectivity index (χ0v) is 7.40. The molecule has 0 radical (unpaired) electrons. The molecular formula is C9H8F2N2O. The summed E-state index contributed by atoms with van der Waals surface area (Å²) in [7, 11) is 0. The molecule has 2 rings (SSSR count). The Balaban J connectivity index is 2.76. The number of rotatable bonds is 0. The first-order valence-corrected chi connectivity index (χ1v) is 4.03. The van der Waals surface area contributed by atoms with Crippen LogP contribution in [0, 0.1) is 11.6 Å². The third kappa shape index (κ3) is 0.957. The molecule has 1 heterocycles. The van der Waals surface area contributed by atoms with Crippen LogP contribution in [-0.2, 0) is 10.3 Å². The normalized spacial score (nSPS) is 24.7. The summed E-state index contributed by atoms with van der Waals surface area (Å²) < 4.78 is 26.5. The van der Waals surface area contributed by atoms with Gasteiger partial charge >= 0.3 is 0 Å². The minimum Gasteiger partial charge on any atom is -0.321 e. The zero-order chi connectivity index (χ0) is 10.5. The van der Waals surface area contributed by atoms with Crippen molar-refractivity contribution >= 4 is 11.6 Å². The minimum atomic E-state index is -1.50. The maximum absolute atomic E-state index is 13.3. The summed E-state index contributed by atoms with van der Waals surface area (Å²) in [5, 5.41) is 2.22. The first kappa shape index (κ1) is 9.08. The first-order chi connectivity index (χ1) is 6.44. The van der Waals surface area contributed by atoms with Crippen LogP contribution < -0.4 is 11.1 Å². The molecule has 5 heteroatoms. The number of carbonyl (C=O) groups excluding carboxylic acids is 1. The number of amides is 1. The van der Waals surface area contributed by atoms with Gasteiger partial charge in [-0.2, -0.15) is 0 Å². The molecule has 1 aromatic carbocycles. The van der Waals surface area contributed by atoms with Gasteiger partial charge in [-0.25, -0.2) is 8.78 Å². The number of anilines is 1. The van der Waals surface area contributed by atoms with E-state index < -0.39 is 23.1 Å². The standard InChI is InChI=1S/C9H8F2N2O/c1-9(12)6-4(10)2-3-5(11)7(6)13-8(9)14/h2-3H,12H2,1H3,(H,13,14)/t9-/m0/s1. The number of halogens is 2. The minimum absolute atomic E-state index is 0.109. The predicted molar refractivity (Wildman–Crippen MR) is 46.5 cm³/mol. The Labute approximate surface area is 78.9 Å². The Hall–Kier alpha value is -1.49. The third-order valence-electron chi connectivity index (χ3n) is 2.33. The molecule has 0 bridgehead atoms. The smallest absolute Gasteiger partial charge is 0.249 e. The van der Waals surface area contributed by atoms with Gasteiger partial charge in [0.15, 0.2) is 0 Å². The number of nitrogens with one attached hydrogen (secondary N) is 1. The second-order valence-electron chi connectivity index (χ2n) is 3.44. The van der Waals surface area contributed by atoms with Gasteiger partial charge in [-0.3, -0.25) is 4.79 Å². The molecule has 0 saturated heterocycles. The highest BCUT2D eigenvalue weighted by atomic mass is 19.1. The lowest BCUT2D eigenvalue weighted by Gasteiger charge is -2.15. The summed E-state index contributed by atoms with van der Waals surface area (Å²) in [6.07, 6.45) is 0. The zero-order valence-electron chi connectivity index (χ0n) is 7.40. The largest absolute Gasteiger partial charge is 0.321 e. The Morgan fingerprint density at radius 2 is 1.93 bits per heavy atom. The van der Waals surface area contributed by atoms with Gasteiger partial charge in [0.25, 0.3) is 0 Å². The van der Waals surface area contributed by atoms with Crippen LogP contribution in [0.1, 0.15) is 12.5 Å². The van der Waals surface area contributed by atoms with Crippen molar-refractivity contribution in [2.24, 2.45) is 5.73 Å². The lowest BCUT2D eigenvalue weighted by molar-refractivity contribution is -0.120. The van der Waals surface area contributed by atoms with E-state index in [1.54, 1.807) is 0 Å². The average Bonchev–Trinajstić information content (AvgIpc) is 2.33. The molecule has 0 fully saturated rings. The quantitative estimate of drug-likeness (QED) is 0.655. The molecule has 0 spiro atoms. The molecule has 1 aromatic rings. The molecule has 0 aromatic heterocycles. The fourth-order valence-electron chi connectivity index (χ4n) is 1.54. The van der Waals surface area contributed by atoms with Crippen LogP contribution in [0.2, 0.25) is 0 Å². The number of hydrogen-bond acceptors (Lipinski definition) is 2. The van der Waals surface area contributed by atoms with E-state index in [1.165, 1.54) is 6.92 Å². The first-order valence-electron chi connectivity index (χ1n) is 4.03. The summed E-state index contributed by atoms with van der Waals surface area (Å²) in [6.45, 7) is 1.34. The van der Waals surface area contributed by atoms with Gasteiger partial charge in [0.2, 0.25) is 5.91 Å². The molecule has 3 N–H and O–H groups in total. The Bertz CT molecular complexity index is 429. The van der Waals surface area contributed by atoms with Crippen molar-refractivity contribution in [1.29, 1.82) is 0 Å². The van der Waals surface area contributed by atoms with E-state index in [0.717, 1.165) is 12.1 Å². The second kappa shape index (κ2) is 2.51. The average molecular weight is 198 g/mol. The van der Waals surface area contributed by atoms with Crippen LogP contribution in [0.5, 0.6) is 0 Å². The van der Waals surface area contributed by atoms with E-state index in [0.29, 0.717) is 0 Å². The number of fused-ring (bicyclic) bond motifs is 1. The molecule has 1 aliphatic heterocycles. The van der Waals surface area contributed by atoms with Gasteiger partial charge < -0.3 is 11.1 Å². The highest BCUT2D eigenvalue weighted by Gasteiger charge is 2.43. The van der Waals surface area contributed by atoms with Crippen LogP contribution in [0.25, 0.3) is 0 Å². The van der Waals surface area contributed by atoms with E-state index in [9.17, 15) is 13.6 Å². The van der Waals surface area contributed by atoms with Gasteiger partial charge in [0, 0.05) is 5.56 Å². The summed E-state index contributed by atoms with van der Waals surface area (Å²) in [5.74, 6) is -1.95. The maximum atomic E-state index is 13.3. The van der Waals surface area contributed by atoms with Crippen LogP contribution in [0.3, 0.4) is 0 Å². The van der Waals surface area contributed by atoms with Crippen molar-refractivity contribution in [3.8, 4) is 0 Å². The van der Waals surface area contributed by atoms with Gasteiger partial charge in [-0.15, -0.1) is 0 Å². The third-order valence-corrected chi connectivity index (χ3v) is 2.33. The molecule has 0 unspecified atom stereocenters. The molecular weight excluding hydrogens is 190 g/mol. The molecule has 74 valence electrons. The van der Waals surface area contributed by atoms with Crippen molar-refractivity contribution < 1.29 is 13.6 Å². The second-order valence-corrected chi connectivity index (χ2v) is 3.44. The van der Waals surface area contributed by atoms with Gasteiger partial charge in [0.1, 0.15) is 17.2 Å². The van der Waals surface area contributed by atoms with Gasteiger partial charge in [-0.1, -0.05) is 0 Å². The lowest BCUT2D eigenvalue weighted by Crippen LogP contribution is -2.40. The molecule has 0 aliphatic carbocycles. The molecule has 0 saturated carbocycles. The highest BCUT2D eigenvalue weighted by Crippen LogP contribution is 2.37. The lowest BCUT2D eigenvalue weighted by atomic mass is 9.94. The number of carbonyl (C=O) groups is 1. The van der Waals surface area contributed by atoms with Crippen LogP contribution >= 0.6 is 0 Å². The van der Waals surface area contributed by atoms with Crippen LogP contribution in [0.15, 0.2) is 12.1 Å². The van der Waals surface area contributed by atoms with Crippen molar-refractivity contribution in [3.63, 3.8) is 0 Å². The van der Waals surface area contributed by atoms with Crippen LogP contribution in [0.4, 0.5) is 14.5 Å². The summed E-state index contributed by atoms with van der Waals surface area (Å²) >= 11 is 0. The maximum Gasteiger partial charge on any atom is 0.249 e. The van der Waals surface area contributed by atoms with E-state index in [-0.39, 0.29) is 11.3 Å². The molecule has 1 amide bonds. The number of nitrogens with two attached hydrogens (primary N) is 1. The fraction of sp³-hybridized carbons (Fsp3) is 0.222. The van der Waals surface area contributed by atoms with Crippen molar-refractivity contribution in [2.75, 3.05) is 5.32 Å². The highest BCUT2D eigenvalue weighted by molar-refractivity contribution is 6.05. The number of benzene rings is 1. The van der Waals surface area contributed by atoms with E-state index in [1.807, 2.05) is 0 Å². The summed E-state index contributed by atoms with van der Waals surface area (Å²) in [6, 6.07) is 1.91. The van der Waals surface area contributed by atoms with Gasteiger partial charge in [0.05, 0.1) is 5.69 Å². The molecule has 1 atom stereocenters. The van der Waals surface area contributed by atoms with Crippen molar-refractivity contribution in [2.45, 2.75) is 12.5 Å². The van der Waals surface area contributed by atoms with Crippen LogP contribution in [-0.4, -0.2) is 5.91 Å². The molecule has 3 nitrogen and oxygen atoms in total. The Morgan fingerprint density at radius 3 is 2.50 bits per heavy atom. The van der Waals surface area contributed by atoms with Gasteiger partial charge in [-0.05, 0) is 19.1 Å². The summed E-state index contributed by atoms with van der Waals surface area (Å²) in [5.41, 5.74) is 3.82. The van der Waals surface area contributed by atoms with Crippen molar-refractivity contribution in [3.05, 3.63) is 29.3 Å². The van der Waals surface area contributed by atoms with E-state index in [2.05, 4.69) is 5.32 Å². The Morgan fingerprint density at radius 1 is 1.36 bits per heavy atom. The van der Waals surface area contributed by atoms with Crippen molar-refractivity contribution in [1.82, 2.24) is 0 Å². The van der Waals surface area contributed by atoms with E-state index >= 15 is 0 Å². The monoisotopic (exact) mass is 198 g/mol. The number of hydrogen-bond donors (Lipinski definition) is 2. The molecule has 14 heavy (non-hydrogen) atoms. The summed E-state index contributed by atoms with van der Waals surface area (Å²) in [4.78, 5) is 11.3. The molecule has 1 aliphatic rings.